The molecule has 0 bridgehead atoms. The third-order valence-electron chi connectivity index (χ3n) is 3.12. The van der Waals surface area contributed by atoms with Crippen LogP contribution in [0.1, 0.15) is 22.8 Å². The van der Waals surface area contributed by atoms with Gasteiger partial charge in [-0.15, -0.1) is 0 Å². The van der Waals surface area contributed by atoms with Crippen molar-refractivity contribution in [1.29, 1.82) is 0 Å². The number of rotatable bonds is 4. The van der Waals surface area contributed by atoms with Crippen LogP contribution in [-0.4, -0.2) is 11.9 Å². The smallest absolute Gasteiger partial charge is 0.251 e. The Kier molecular flexibility index (Phi) is 5.10. The van der Waals surface area contributed by atoms with Gasteiger partial charge in [-0.25, -0.2) is 0 Å². The molecule has 0 saturated heterocycles. The van der Waals surface area contributed by atoms with E-state index in [4.69, 9.17) is 28.9 Å². The molecule has 2 aromatic carbocycles. The normalized spacial score (nSPS) is 12.0. The van der Waals surface area contributed by atoms with Crippen molar-refractivity contribution in [2.24, 2.45) is 0 Å². The van der Waals surface area contributed by atoms with Crippen molar-refractivity contribution in [2.45, 2.75) is 19.4 Å². The summed E-state index contributed by atoms with van der Waals surface area (Å²) in [6, 6.07) is 12.4. The molecule has 3 N–H and O–H groups in total. The highest BCUT2D eigenvalue weighted by Crippen LogP contribution is 2.20. The zero-order chi connectivity index (χ0) is 15.4. The zero-order valence-corrected chi connectivity index (χ0v) is 13.1. The summed E-state index contributed by atoms with van der Waals surface area (Å²) in [5.74, 6) is -0.182. The molecule has 1 unspecified atom stereocenters. The highest BCUT2D eigenvalue weighted by Gasteiger charge is 2.12. The summed E-state index contributed by atoms with van der Waals surface area (Å²) < 4.78 is 0. The molecule has 0 spiro atoms. The minimum absolute atomic E-state index is 0.0469. The second kappa shape index (κ2) is 6.83. The summed E-state index contributed by atoms with van der Waals surface area (Å²) in [5, 5.41) is 4.07. The lowest BCUT2D eigenvalue weighted by atomic mass is 10.1. The summed E-state index contributed by atoms with van der Waals surface area (Å²) >= 11 is 12.0. The van der Waals surface area contributed by atoms with Gasteiger partial charge in [0.2, 0.25) is 0 Å². The lowest BCUT2D eigenvalue weighted by Gasteiger charge is -2.15. The van der Waals surface area contributed by atoms with Crippen molar-refractivity contribution in [3.05, 3.63) is 63.6 Å². The molecular weight excluding hydrogens is 307 g/mol. The molecule has 2 rings (SSSR count). The fourth-order valence-corrected chi connectivity index (χ4v) is 2.37. The Hall–Kier alpha value is -1.71. The van der Waals surface area contributed by atoms with E-state index >= 15 is 0 Å². The quantitative estimate of drug-likeness (QED) is 0.838. The number of nitrogens with one attached hydrogen (secondary N) is 1. The second-order valence-corrected chi connectivity index (χ2v) is 5.72. The maximum absolute atomic E-state index is 12.2. The van der Waals surface area contributed by atoms with E-state index in [1.807, 2.05) is 31.2 Å². The van der Waals surface area contributed by atoms with E-state index in [0.29, 0.717) is 27.7 Å². The molecule has 0 aliphatic carbocycles. The Labute approximate surface area is 134 Å². The fraction of sp³-hybridized carbons (Fsp3) is 0.188. The summed E-state index contributed by atoms with van der Waals surface area (Å²) in [7, 11) is 0. The Morgan fingerprint density at radius 2 is 1.90 bits per heavy atom. The van der Waals surface area contributed by atoms with Crippen LogP contribution in [0.4, 0.5) is 5.69 Å². The molecule has 21 heavy (non-hydrogen) atoms. The number of nitrogen functional groups attached to an aromatic ring is 1. The molecular formula is C16H16Cl2N2O. The highest BCUT2D eigenvalue weighted by molar-refractivity contribution is 6.33. The third-order valence-corrected chi connectivity index (χ3v) is 3.83. The van der Waals surface area contributed by atoms with E-state index in [-0.39, 0.29) is 11.9 Å². The lowest BCUT2D eigenvalue weighted by molar-refractivity contribution is 0.0940. The number of nitrogens with two attached hydrogens (primary N) is 1. The fourth-order valence-electron chi connectivity index (χ4n) is 2.04. The van der Waals surface area contributed by atoms with Crippen molar-refractivity contribution in [3.63, 3.8) is 0 Å². The van der Waals surface area contributed by atoms with Crippen LogP contribution in [0.5, 0.6) is 0 Å². The van der Waals surface area contributed by atoms with E-state index in [1.165, 1.54) is 0 Å². The van der Waals surface area contributed by atoms with Crippen molar-refractivity contribution in [1.82, 2.24) is 5.32 Å². The molecule has 5 heteroatoms. The number of carbonyl (C=O) groups is 1. The molecule has 0 saturated carbocycles. The first-order valence-electron chi connectivity index (χ1n) is 6.56. The van der Waals surface area contributed by atoms with E-state index in [0.717, 1.165) is 5.56 Å². The van der Waals surface area contributed by atoms with E-state index in [1.54, 1.807) is 18.2 Å². The molecule has 0 aliphatic rings. The summed E-state index contributed by atoms with van der Waals surface area (Å²) in [6.07, 6.45) is 0.661. The van der Waals surface area contributed by atoms with Gasteiger partial charge in [0.1, 0.15) is 0 Å². The number of carbonyl (C=O) groups excluding carboxylic acids is 1. The van der Waals surface area contributed by atoms with Crippen molar-refractivity contribution in [2.75, 3.05) is 5.73 Å². The van der Waals surface area contributed by atoms with Crippen LogP contribution in [0.3, 0.4) is 0 Å². The average molecular weight is 323 g/mol. The van der Waals surface area contributed by atoms with Crippen LogP contribution in [-0.2, 0) is 6.42 Å². The number of hydrogen-bond acceptors (Lipinski definition) is 2. The van der Waals surface area contributed by atoms with Crippen LogP contribution in [0.15, 0.2) is 42.5 Å². The predicted octanol–water partition coefficient (Wildman–Crippen LogP) is 3.94. The highest BCUT2D eigenvalue weighted by atomic mass is 35.5. The van der Waals surface area contributed by atoms with Crippen LogP contribution in [0, 0.1) is 0 Å². The second-order valence-electron chi connectivity index (χ2n) is 4.91. The molecule has 0 heterocycles. The molecule has 1 amide bonds. The SMILES string of the molecule is CC(Cc1ccccc1Cl)NC(=O)c1ccc(Cl)c(N)c1. The monoisotopic (exact) mass is 322 g/mol. The van der Waals surface area contributed by atoms with Crippen LogP contribution in [0.25, 0.3) is 0 Å². The maximum Gasteiger partial charge on any atom is 0.251 e. The zero-order valence-electron chi connectivity index (χ0n) is 11.6. The average Bonchev–Trinajstić information content (AvgIpc) is 2.44. The molecule has 0 radical (unpaired) electrons. The van der Waals surface area contributed by atoms with Gasteiger partial charge in [0.15, 0.2) is 0 Å². The van der Waals surface area contributed by atoms with Gasteiger partial charge in [-0.05, 0) is 43.2 Å². The summed E-state index contributed by atoms with van der Waals surface area (Å²) in [5.41, 5.74) is 7.59. The van der Waals surface area contributed by atoms with Crippen molar-refractivity contribution < 1.29 is 4.79 Å². The van der Waals surface area contributed by atoms with Gasteiger partial charge in [0.25, 0.3) is 5.91 Å². The van der Waals surface area contributed by atoms with Gasteiger partial charge in [-0.3, -0.25) is 4.79 Å². The Balaban J connectivity index is 2.02. The van der Waals surface area contributed by atoms with Gasteiger partial charge >= 0.3 is 0 Å². The first kappa shape index (κ1) is 15.7. The number of benzene rings is 2. The molecule has 0 aliphatic heterocycles. The lowest BCUT2D eigenvalue weighted by Crippen LogP contribution is -2.34. The van der Waals surface area contributed by atoms with Crippen LogP contribution < -0.4 is 11.1 Å². The molecule has 3 nitrogen and oxygen atoms in total. The molecule has 110 valence electrons. The first-order chi connectivity index (χ1) is 9.97. The topological polar surface area (TPSA) is 55.1 Å². The minimum atomic E-state index is -0.182. The number of hydrogen-bond donors (Lipinski definition) is 2. The predicted molar refractivity (Wildman–Crippen MR) is 87.9 cm³/mol. The Morgan fingerprint density at radius 3 is 2.57 bits per heavy atom. The largest absolute Gasteiger partial charge is 0.398 e. The van der Waals surface area contributed by atoms with Crippen molar-refractivity contribution in [3.8, 4) is 0 Å². The maximum atomic E-state index is 12.2. The van der Waals surface area contributed by atoms with Crippen LogP contribution in [0.2, 0.25) is 10.0 Å². The van der Waals surface area contributed by atoms with Crippen molar-refractivity contribution >= 4 is 34.8 Å². The number of halogens is 2. The van der Waals surface area contributed by atoms with Gasteiger partial charge in [0.05, 0.1) is 10.7 Å². The molecule has 0 fully saturated rings. The number of amides is 1. The third kappa shape index (κ3) is 4.13. The number of anilines is 1. The van der Waals surface area contributed by atoms with Gasteiger partial charge in [-0.2, -0.15) is 0 Å². The molecule has 0 aromatic heterocycles. The van der Waals surface area contributed by atoms with E-state index < -0.39 is 0 Å². The Bertz CT molecular complexity index is 658. The molecule has 2 aromatic rings. The van der Waals surface area contributed by atoms with E-state index in [9.17, 15) is 4.79 Å². The van der Waals surface area contributed by atoms with E-state index in [2.05, 4.69) is 5.32 Å². The van der Waals surface area contributed by atoms with Gasteiger partial charge in [-0.1, -0.05) is 41.4 Å². The first-order valence-corrected chi connectivity index (χ1v) is 7.32. The standard InChI is InChI=1S/C16H16Cl2N2O/c1-10(8-11-4-2-3-5-13(11)17)20-16(21)12-6-7-14(18)15(19)9-12/h2-7,9-10H,8,19H2,1H3,(H,20,21). The van der Waals surface area contributed by atoms with Gasteiger partial charge < -0.3 is 11.1 Å². The Morgan fingerprint density at radius 1 is 1.19 bits per heavy atom. The summed E-state index contributed by atoms with van der Waals surface area (Å²) in [6.45, 7) is 1.93. The van der Waals surface area contributed by atoms with Gasteiger partial charge in [0, 0.05) is 16.6 Å². The minimum Gasteiger partial charge on any atom is -0.398 e. The van der Waals surface area contributed by atoms with Crippen LogP contribution >= 0.6 is 23.2 Å². The molecule has 1 atom stereocenters. The summed E-state index contributed by atoms with van der Waals surface area (Å²) in [4.78, 5) is 12.2.